The van der Waals surface area contributed by atoms with E-state index in [9.17, 15) is 10.1 Å². The van der Waals surface area contributed by atoms with Gasteiger partial charge in [-0.05, 0) is 66.1 Å². The van der Waals surface area contributed by atoms with Crippen molar-refractivity contribution in [3.05, 3.63) is 87.6 Å². The Labute approximate surface area is 198 Å². The summed E-state index contributed by atoms with van der Waals surface area (Å²) in [6.45, 7) is 4.06. The average Bonchev–Trinajstić information content (AvgIpc) is 3.32. The number of guanidine groups is 1. The maximum absolute atomic E-state index is 13.3. The number of rotatable bonds is 5. The summed E-state index contributed by atoms with van der Waals surface area (Å²) < 4.78 is 0. The van der Waals surface area contributed by atoms with Crippen LogP contribution in [0.3, 0.4) is 0 Å². The van der Waals surface area contributed by atoms with Crippen molar-refractivity contribution in [1.82, 2.24) is 4.90 Å². The summed E-state index contributed by atoms with van der Waals surface area (Å²) in [7, 11) is 1.67. The number of nitriles is 1. The van der Waals surface area contributed by atoms with Crippen molar-refractivity contribution in [2.24, 2.45) is 16.6 Å². The third-order valence-electron chi connectivity index (χ3n) is 6.28. The lowest BCUT2D eigenvalue weighted by Gasteiger charge is -2.39. The highest BCUT2D eigenvalue weighted by Gasteiger charge is 2.46. The SMILES string of the molecule is Cc1ccccc1C=CCC1C(=O)N(C)C(N)=NC1(C)c1cc(-c2cccc(C#N)c2)cs1. The lowest BCUT2D eigenvalue weighted by Crippen LogP contribution is -2.53. The number of thiophene rings is 1. The maximum atomic E-state index is 13.3. The van der Waals surface area contributed by atoms with Gasteiger partial charge in [0.25, 0.3) is 0 Å². The summed E-state index contributed by atoms with van der Waals surface area (Å²) >= 11 is 1.56. The summed E-state index contributed by atoms with van der Waals surface area (Å²) in [5.41, 5.74) is 10.3. The van der Waals surface area contributed by atoms with Crippen LogP contribution in [0.1, 0.15) is 34.9 Å². The zero-order chi connectivity index (χ0) is 23.6. The maximum Gasteiger partial charge on any atom is 0.235 e. The zero-order valence-electron chi connectivity index (χ0n) is 18.9. The molecule has 166 valence electrons. The molecule has 2 atom stereocenters. The number of hydrogen-bond acceptors (Lipinski definition) is 5. The molecule has 0 radical (unpaired) electrons. The molecular formula is C27H26N4OS. The smallest absolute Gasteiger partial charge is 0.235 e. The monoisotopic (exact) mass is 454 g/mol. The van der Waals surface area contributed by atoms with Crippen LogP contribution >= 0.6 is 11.3 Å². The van der Waals surface area contributed by atoms with Gasteiger partial charge in [0.2, 0.25) is 5.91 Å². The quantitative estimate of drug-likeness (QED) is 0.567. The van der Waals surface area contributed by atoms with E-state index in [1.807, 2.05) is 42.6 Å². The van der Waals surface area contributed by atoms with Crippen molar-refractivity contribution in [3.8, 4) is 17.2 Å². The molecule has 0 saturated heterocycles. The minimum atomic E-state index is -0.778. The number of carbonyl (C=O) groups excluding carboxylic acids is 1. The Kier molecular flexibility index (Phi) is 6.17. The van der Waals surface area contributed by atoms with Crippen molar-refractivity contribution < 1.29 is 4.79 Å². The van der Waals surface area contributed by atoms with E-state index < -0.39 is 5.54 Å². The van der Waals surface area contributed by atoms with Gasteiger partial charge in [-0.3, -0.25) is 9.69 Å². The number of benzene rings is 2. The van der Waals surface area contributed by atoms with Gasteiger partial charge in [0.1, 0.15) is 5.54 Å². The lowest BCUT2D eigenvalue weighted by molar-refractivity contribution is -0.133. The number of carbonyl (C=O) groups is 1. The van der Waals surface area contributed by atoms with Crippen LogP contribution in [0, 0.1) is 24.2 Å². The first-order valence-corrected chi connectivity index (χ1v) is 11.7. The molecule has 2 N–H and O–H groups in total. The third-order valence-corrected chi connectivity index (χ3v) is 7.44. The van der Waals surface area contributed by atoms with E-state index in [-0.39, 0.29) is 17.8 Å². The molecule has 0 spiro atoms. The van der Waals surface area contributed by atoms with E-state index in [1.165, 1.54) is 10.5 Å². The zero-order valence-corrected chi connectivity index (χ0v) is 19.8. The normalized spacial score (nSPS) is 20.7. The lowest BCUT2D eigenvalue weighted by atomic mass is 9.79. The summed E-state index contributed by atoms with van der Waals surface area (Å²) in [5, 5.41) is 11.3. The van der Waals surface area contributed by atoms with Gasteiger partial charge >= 0.3 is 0 Å². The fourth-order valence-electron chi connectivity index (χ4n) is 4.16. The van der Waals surface area contributed by atoms with Gasteiger partial charge < -0.3 is 5.73 Å². The molecule has 2 aromatic carbocycles. The molecular weight excluding hydrogens is 428 g/mol. The largest absolute Gasteiger partial charge is 0.369 e. The van der Waals surface area contributed by atoms with Crippen molar-refractivity contribution in [3.63, 3.8) is 0 Å². The first kappa shape index (κ1) is 22.5. The number of aryl methyl sites for hydroxylation is 1. The number of nitrogens with zero attached hydrogens (tertiary/aromatic N) is 3. The fraction of sp³-hybridized carbons (Fsp3) is 0.222. The molecule has 1 amide bonds. The first-order chi connectivity index (χ1) is 15.8. The number of amides is 1. The van der Waals surface area contributed by atoms with Crippen LogP contribution in [0.4, 0.5) is 0 Å². The predicted octanol–water partition coefficient (Wildman–Crippen LogP) is 5.32. The first-order valence-electron chi connectivity index (χ1n) is 10.8. The molecule has 0 bridgehead atoms. The molecule has 0 fully saturated rings. The summed E-state index contributed by atoms with van der Waals surface area (Å²) in [6.07, 6.45) is 4.67. The Morgan fingerprint density at radius 2 is 2.00 bits per heavy atom. The average molecular weight is 455 g/mol. The standard InChI is InChI=1S/C27H26N4OS/c1-18-8-4-5-10-20(18)11-7-13-23-25(32)31(3)26(29)30-27(23,2)24-15-22(17-33-24)21-12-6-9-19(14-21)16-28/h4-12,14-15,17,23H,13H2,1-3H3,(H2,29,30). The van der Waals surface area contributed by atoms with Gasteiger partial charge in [-0.1, -0.05) is 48.6 Å². The van der Waals surface area contributed by atoms with Crippen LogP contribution < -0.4 is 5.73 Å². The Morgan fingerprint density at radius 3 is 2.76 bits per heavy atom. The second-order valence-electron chi connectivity index (χ2n) is 8.45. The second kappa shape index (κ2) is 9.05. The second-order valence-corrected chi connectivity index (χ2v) is 9.37. The number of hydrogen-bond donors (Lipinski definition) is 1. The Bertz CT molecular complexity index is 1300. The highest BCUT2D eigenvalue weighted by Crippen LogP contribution is 2.44. The van der Waals surface area contributed by atoms with Crippen molar-refractivity contribution >= 4 is 29.3 Å². The van der Waals surface area contributed by atoms with E-state index in [1.54, 1.807) is 24.5 Å². The molecule has 0 saturated carbocycles. The van der Waals surface area contributed by atoms with Gasteiger partial charge in [-0.2, -0.15) is 5.26 Å². The Hall–Kier alpha value is -3.69. The minimum Gasteiger partial charge on any atom is -0.369 e. The van der Waals surface area contributed by atoms with Crippen molar-refractivity contribution in [2.45, 2.75) is 25.8 Å². The number of allylic oxidation sites excluding steroid dienone is 1. The number of aliphatic imine (C=N–C) groups is 1. The third kappa shape index (κ3) is 4.33. The molecule has 6 heteroatoms. The van der Waals surface area contributed by atoms with E-state index in [2.05, 4.69) is 43.3 Å². The molecule has 33 heavy (non-hydrogen) atoms. The van der Waals surface area contributed by atoms with Crippen LogP contribution in [0.2, 0.25) is 0 Å². The van der Waals surface area contributed by atoms with Gasteiger partial charge in [0.05, 0.1) is 17.6 Å². The van der Waals surface area contributed by atoms with Crippen LogP contribution in [0.5, 0.6) is 0 Å². The summed E-state index contributed by atoms with van der Waals surface area (Å²) in [6, 6.07) is 19.9. The molecule has 1 aromatic heterocycles. The van der Waals surface area contributed by atoms with Gasteiger partial charge in [0.15, 0.2) is 5.96 Å². The predicted molar refractivity (Wildman–Crippen MR) is 135 cm³/mol. The topological polar surface area (TPSA) is 82.5 Å². The highest BCUT2D eigenvalue weighted by molar-refractivity contribution is 7.10. The van der Waals surface area contributed by atoms with Crippen LogP contribution in [0.25, 0.3) is 17.2 Å². The summed E-state index contributed by atoms with van der Waals surface area (Å²) in [4.78, 5) is 20.5. The Balaban J connectivity index is 1.69. The summed E-state index contributed by atoms with van der Waals surface area (Å²) in [5.74, 6) is -0.198. The van der Waals surface area contributed by atoms with Crippen LogP contribution in [-0.4, -0.2) is 23.8 Å². The van der Waals surface area contributed by atoms with Gasteiger partial charge in [0, 0.05) is 11.9 Å². The van der Waals surface area contributed by atoms with Crippen molar-refractivity contribution in [1.29, 1.82) is 5.26 Å². The molecule has 5 nitrogen and oxygen atoms in total. The molecule has 3 aromatic rings. The molecule has 1 aliphatic heterocycles. The fourth-order valence-corrected chi connectivity index (χ4v) is 5.24. The van der Waals surface area contributed by atoms with E-state index >= 15 is 0 Å². The Morgan fingerprint density at radius 1 is 1.21 bits per heavy atom. The number of nitrogens with two attached hydrogens (primary N) is 1. The van der Waals surface area contributed by atoms with E-state index in [4.69, 9.17) is 10.7 Å². The van der Waals surface area contributed by atoms with Crippen LogP contribution in [-0.2, 0) is 10.3 Å². The minimum absolute atomic E-state index is 0.0409. The molecule has 2 heterocycles. The van der Waals surface area contributed by atoms with Crippen LogP contribution in [0.15, 0.2) is 71.0 Å². The van der Waals surface area contributed by atoms with E-state index in [0.717, 1.165) is 21.6 Å². The molecule has 1 aliphatic rings. The van der Waals surface area contributed by atoms with Crippen molar-refractivity contribution in [2.75, 3.05) is 7.05 Å². The molecule has 0 aliphatic carbocycles. The molecule has 4 rings (SSSR count). The van der Waals surface area contributed by atoms with Gasteiger partial charge in [-0.15, -0.1) is 11.3 Å². The van der Waals surface area contributed by atoms with E-state index in [0.29, 0.717) is 12.0 Å². The molecule has 2 unspecified atom stereocenters. The van der Waals surface area contributed by atoms with Gasteiger partial charge in [-0.25, -0.2) is 4.99 Å². The highest BCUT2D eigenvalue weighted by atomic mass is 32.1.